The topological polar surface area (TPSA) is 38.3 Å². The number of carbonyl (C=O) groups is 1. The molecule has 0 radical (unpaired) electrons. The summed E-state index contributed by atoms with van der Waals surface area (Å²) in [7, 11) is 0. The summed E-state index contributed by atoms with van der Waals surface area (Å²) in [6.07, 6.45) is 3.52. The minimum atomic E-state index is -0.394. The smallest absolute Gasteiger partial charge is 0.407 e. The summed E-state index contributed by atoms with van der Waals surface area (Å²) in [5, 5.41) is 2.79. The lowest BCUT2D eigenvalue weighted by Gasteiger charge is -2.14. The number of hydrogen-bond acceptors (Lipinski definition) is 2. The fourth-order valence-electron chi connectivity index (χ4n) is 3.60. The summed E-state index contributed by atoms with van der Waals surface area (Å²) < 4.78 is 6.71. The Hall–Kier alpha value is -2.60. The van der Waals surface area contributed by atoms with Crippen LogP contribution >= 0.6 is 22.6 Å². The number of nitrogens with one attached hydrogen (secondary N) is 1. The van der Waals surface area contributed by atoms with Gasteiger partial charge in [-0.1, -0.05) is 72.8 Å². The number of hydrogen-bond donors (Lipinski definition) is 1. The quantitative estimate of drug-likeness (QED) is 0.465. The number of amides is 1. The van der Waals surface area contributed by atoms with E-state index in [2.05, 4.69) is 58.2 Å². The average Bonchev–Trinajstić information content (AvgIpc) is 3.04. The number of rotatable bonds is 5. The van der Waals surface area contributed by atoms with Gasteiger partial charge >= 0.3 is 6.09 Å². The molecule has 0 heterocycles. The number of alkyl carbamates (subject to hydrolysis) is 1. The molecule has 0 fully saturated rings. The normalized spacial score (nSPS) is 12.6. The maximum Gasteiger partial charge on any atom is 0.407 e. The highest BCUT2D eigenvalue weighted by molar-refractivity contribution is 14.1. The van der Waals surface area contributed by atoms with E-state index in [9.17, 15) is 4.79 Å². The van der Waals surface area contributed by atoms with E-state index in [1.54, 1.807) is 0 Å². The van der Waals surface area contributed by atoms with Gasteiger partial charge in [0.25, 0.3) is 0 Å². The molecule has 1 aliphatic carbocycles. The number of carbonyl (C=O) groups excluding carboxylic acids is 1. The zero-order valence-electron chi connectivity index (χ0n) is 15.3. The van der Waals surface area contributed by atoms with Crippen LogP contribution in [0.15, 0.2) is 78.9 Å². The van der Waals surface area contributed by atoms with E-state index < -0.39 is 6.09 Å². The summed E-state index contributed by atoms with van der Waals surface area (Å²) in [6, 6.07) is 24.8. The van der Waals surface area contributed by atoms with Crippen molar-refractivity contribution in [2.75, 3.05) is 13.2 Å². The molecule has 0 bridgehead atoms. The molecule has 0 aliphatic heterocycles. The second-order valence-electron chi connectivity index (χ2n) is 6.66. The molecule has 0 aromatic heterocycles. The molecule has 3 aromatic rings. The highest BCUT2D eigenvalue weighted by Gasteiger charge is 2.28. The molecule has 140 valence electrons. The Labute approximate surface area is 178 Å². The molecule has 0 atom stereocenters. The average molecular weight is 481 g/mol. The lowest BCUT2D eigenvalue weighted by Crippen LogP contribution is -2.26. The van der Waals surface area contributed by atoms with Crippen LogP contribution in [-0.2, 0) is 4.74 Å². The molecule has 0 spiro atoms. The highest BCUT2D eigenvalue weighted by atomic mass is 127. The first-order valence-corrected chi connectivity index (χ1v) is 10.3. The second-order valence-corrected chi connectivity index (χ2v) is 7.91. The highest BCUT2D eigenvalue weighted by Crippen LogP contribution is 2.44. The Kier molecular flexibility index (Phi) is 5.76. The maximum absolute atomic E-state index is 12.1. The number of halogens is 1. The van der Waals surface area contributed by atoms with E-state index in [-0.39, 0.29) is 5.92 Å². The molecule has 4 heteroatoms. The van der Waals surface area contributed by atoms with Crippen LogP contribution < -0.4 is 5.32 Å². The van der Waals surface area contributed by atoms with Crippen LogP contribution in [0.3, 0.4) is 0 Å². The predicted octanol–water partition coefficient (Wildman–Crippen LogP) is 5.84. The van der Waals surface area contributed by atoms with E-state index in [1.165, 1.54) is 25.8 Å². The van der Waals surface area contributed by atoms with Gasteiger partial charge in [-0.05, 0) is 62.5 Å². The number of ether oxygens (including phenoxy) is 1. The van der Waals surface area contributed by atoms with Gasteiger partial charge < -0.3 is 10.1 Å². The largest absolute Gasteiger partial charge is 0.449 e. The molecular weight excluding hydrogens is 461 g/mol. The molecule has 0 unspecified atom stereocenters. The number of fused-ring (bicyclic) bond motifs is 3. The zero-order valence-corrected chi connectivity index (χ0v) is 17.4. The van der Waals surface area contributed by atoms with E-state index >= 15 is 0 Å². The molecule has 3 nitrogen and oxygen atoms in total. The Bertz CT molecular complexity index is 983. The minimum Gasteiger partial charge on any atom is -0.449 e. The fraction of sp³-hybridized carbons (Fsp3) is 0.125. The lowest BCUT2D eigenvalue weighted by atomic mass is 9.98. The predicted molar refractivity (Wildman–Crippen MR) is 121 cm³/mol. The number of benzene rings is 3. The molecule has 0 saturated heterocycles. The van der Waals surface area contributed by atoms with Crippen LogP contribution in [0.25, 0.3) is 17.2 Å². The third-order valence-corrected chi connectivity index (χ3v) is 5.54. The van der Waals surface area contributed by atoms with E-state index in [1.807, 2.05) is 54.6 Å². The van der Waals surface area contributed by atoms with Crippen LogP contribution in [0, 0.1) is 3.57 Å². The van der Waals surface area contributed by atoms with Gasteiger partial charge in [-0.25, -0.2) is 4.79 Å². The van der Waals surface area contributed by atoms with Gasteiger partial charge in [0.15, 0.2) is 0 Å². The van der Waals surface area contributed by atoms with Crippen molar-refractivity contribution < 1.29 is 9.53 Å². The van der Waals surface area contributed by atoms with Gasteiger partial charge in [0.05, 0.1) is 0 Å². The summed E-state index contributed by atoms with van der Waals surface area (Å²) >= 11 is 2.28. The van der Waals surface area contributed by atoms with Crippen molar-refractivity contribution in [1.29, 1.82) is 0 Å². The third-order valence-electron chi connectivity index (χ3n) is 4.87. The van der Waals surface area contributed by atoms with Crippen LogP contribution in [0.2, 0.25) is 0 Å². The van der Waals surface area contributed by atoms with Crippen molar-refractivity contribution in [1.82, 2.24) is 5.32 Å². The summed E-state index contributed by atoms with van der Waals surface area (Å²) in [5.74, 6) is 0.0834. The van der Waals surface area contributed by atoms with Crippen molar-refractivity contribution >= 4 is 34.8 Å². The second kappa shape index (κ2) is 8.61. The lowest BCUT2D eigenvalue weighted by molar-refractivity contribution is 0.144. The first kappa shape index (κ1) is 18.7. The Balaban J connectivity index is 1.34. The zero-order chi connectivity index (χ0) is 19.3. The molecule has 28 heavy (non-hydrogen) atoms. The molecule has 1 N–H and O–H groups in total. The Morgan fingerprint density at radius 1 is 0.964 bits per heavy atom. The first-order chi connectivity index (χ1) is 13.7. The SMILES string of the molecule is O=C(NCC=Cc1cccc(I)c1)OCC1c2ccccc2-c2ccccc21. The van der Waals surface area contributed by atoms with Gasteiger partial charge in [-0.3, -0.25) is 0 Å². The molecular formula is C24H20INO2. The van der Waals surface area contributed by atoms with Crippen molar-refractivity contribution in [2.24, 2.45) is 0 Å². The van der Waals surface area contributed by atoms with Crippen LogP contribution in [0.1, 0.15) is 22.6 Å². The molecule has 4 rings (SSSR count). The maximum atomic E-state index is 12.1. The standard InChI is InChI=1S/C24H20INO2/c25-18-9-5-7-17(15-18)8-6-14-26-24(27)28-16-23-21-12-3-1-10-19(21)20-11-2-4-13-22(20)23/h1-13,15,23H,14,16H2,(H,26,27). The van der Waals surface area contributed by atoms with Gasteiger partial charge in [-0.15, -0.1) is 0 Å². The monoisotopic (exact) mass is 481 g/mol. The van der Waals surface area contributed by atoms with E-state index in [0.29, 0.717) is 13.2 Å². The summed E-state index contributed by atoms with van der Waals surface area (Å²) in [6.45, 7) is 0.766. The Morgan fingerprint density at radius 3 is 2.32 bits per heavy atom. The minimum absolute atomic E-state index is 0.0834. The Morgan fingerprint density at radius 2 is 1.64 bits per heavy atom. The third kappa shape index (κ3) is 4.12. The van der Waals surface area contributed by atoms with Crippen LogP contribution in [0.4, 0.5) is 4.79 Å². The van der Waals surface area contributed by atoms with Gasteiger partial charge in [0.1, 0.15) is 6.61 Å². The van der Waals surface area contributed by atoms with Crippen LogP contribution in [-0.4, -0.2) is 19.2 Å². The molecule has 3 aromatic carbocycles. The van der Waals surface area contributed by atoms with Gasteiger partial charge in [-0.2, -0.15) is 0 Å². The van der Waals surface area contributed by atoms with Crippen LogP contribution in [0.5, 0.6) is 0 Å². The summed E-state index contributed by atoms with van der Waals surface area (Å²) in [5.41, 5.74) is 6.01. The van der Waals surface area contributed by atoms with Crippen molar-refractivity contribution in [3.8, 4) is 11.1 Å². The van der Waals surface area contributed by atoms with Crippen molar-refractivity contribution in [3.05, 3.63) is 99.1 Å². The molecule has 1 aliphatic rings. The van der Waals surface area contributed by atoms with Crippen molar-refractivity contribution in [3.63, 3.8) is 0 Å². The van der Waals surface area contributed by atoms with Crippen molar-refractivity contribution in [2.45, 2.75) is 5.92 Å². The van der Waals surface area contributed by atoms with E-state index in [4.69, 9.17) is 4.74 Å². The molecule has 0 saturated carbocycles. The molecule has 1 amide bonds. The van der Waals surface area contributed by atoms with Gasteiger partial charge in [0.2, 0.25) is 0 Å². The summed E-state index contributed by atoms with van der Waals surface area (Å²) in [4.78, 5) is 12.1. The van der Waals surface area contributed by atoms with E-state index in [0.717, 1.165) is 5.56 Å². The van der Waals surface area contributed by atoms with Gasteiger partial charge in [0, 0.05) is 16.0 Å². The first-order valence-electron chi connectivity index (χ1n) is 9.23. The fourth-order valence-corrected chi connectivity index (χ4v) is 4.16.